The minimum atomic E-state index is -0.463. The van der Waals surface area contributed by atoms with Crippen molar-refractivity contribution in [2.75, 3.05) is 6.54 Å². The molecule has 3 rings (SSSR count). The smallest absolute Gasteiger partial charge is 0.408 e. The first-order chi connectivity index (χ1) is 11.6. The Morgan fingerprint density at radius 2 is 1.88 bits per heavy atom. The van der Waals surface area contributed by atoms with E-state index < -0.39 is 5.76 Å². The first-order valence-electron chi connectivity index (χ1n) is 7.73. The number of aromatic nitrogens is 1. The van der Waals surface area contributed by atoms with Crippen LogP contribution in [-0.2, 0) is 17.8 Å². The third-order valence-corrected chi connectivity index (χ3v) is 3.79. The van der Waals surface area contributed by atoms with Crippen molar-refractivity contribution in [3.05, 3.63) is 70.5 Å². The van der Waals surface area contributed by atoms with Gasteiger partial charge in [-0.15, -0.1) is 0 Å². The van der Waals surface area contributed by atoms with Crippen LogP contribution >= 0.6 is 0 Å². The summed E-state index contributed by atoms with van der Waals surface area (Å²) in [5.41, 5.74) is 2.15. The van der Waals surface area contributed by atoms with Crippen molar-refractivity contribution in [3.8, 4) is 0 Å². The molecule has 6 heteroatoms. The lowest BCUT2D eigenvalue weighted by Crippen LogP contribution is -2.27. The van der Waals surface area contributed by atoms with Gasteiger partial charge in [-0.1, -0.05) is 24.3 Å². The van der Waals surface area contributed by atoms with Gasteiger partial charge in [-0.3, -0.25) is 9.36 Å². The molecule has 0 saturated heterocycles. The number of fused-ring (bicyclic) bond motifs is 1. The lowest BCUT2D eigenvalue weighted by Gasteiger charge is -2.06. The number of carbonyl (C=O) groups excluding carboxylic acids is 1. The molecule has 24 heavy (non-hydrogen) atoms. The minimum Gasteiger partial charge on any atom is -0.408 e. The summed E-state index contributed by atoms with van der Waals surface area (Å²) >= 11 is 0. The summed E-state index contributed by atoms with van der Waals surface area (Å²) in [6.07, 6.45) is 0.813. The maximum absolute atomic E-state index is 12.8. The first kappa shape index (κ1) is 16.0. The van der Waals surface area contributed by atoms with Gasteiger partial charge in [0.2, 0.25) is 5.91 Å². The molecule has 0 bridgehead atoms. The molecule has 5 nitrogen and oxygen atoms in total. The zero-order valence-electron chi connectivity index (χ0n) is 13.0. The highest BCUT2D eigenvalue weighted by Gasteiger charge is 2.10. The van der Waals surface area contributed by atoms with Crippen LogP contribution in [0.15, 0.2) is 57.7 Å². The van der Waals surface area contributed by atoms with Crippen LogP contribution in [0.5, 0.6) is 0 Å². The number of rotatable bonds is 6. The molecular formula is C18H17FN2O3. The molecule has 2 aromatic carbocycles. The van der Waals surface area contributed by atoms with Crippen molar-refractivity contribution in [3.63, 3.8) is 0 Å². The molecule has 0 unspecified atom stereocenters. The number of nitrogens with one attached hydrogen (secondary N) is 1. The van der Waals surface area contributed by atoms with Gasteiger partial charge >= 0.3 is 5.76 Å². The molecule has 1 aromatic heterocycles. The summed E-state index contributed by atoms with van der Waals surface area (Å²) in [6, 6.07) is 13.3. The van der Waals surface area contributed by atoms with Crippen molar-refractivity contribution >= 4 is 17.0 Å². The summed E-state index contributed by atoms with van der Waals surface area (Å²) in [6.45, 7) is 0.726. The maximum Gasteiger partial charge on any atom is 0.419 e. The molecule has 0 atom stereocenters. The van der Waals surface area contributed by atoms with Gasteiger partial charge < -0.3 is 9.73 Å². The van der Waals surface area contributed by atoms with E-state index in [0.29, 0.717) is 24.1 Å². The summed E-state index contributed by atoms with van der Waals surface area (Å²) in [5, 5.41) is 2.80. The van der Waals surface area contributed by atoms with Crippen LogP contribution in [0.2, 0.25) is 0 Å². The molecule has 1 N–H and O–H groups in total. The van der Waals surface area contributed by atoms with E-state index in [0.717, 1.165) is 5.56 Å². The highest BCUT2D eigenvalue weighted by atomic mass is 19.1. The maximum atomic E-state index is 12.8. The molecule has 3 aromatic rings. The molecule has 1 heterocycles. The molecule has 0 saturated carbocycles. The lowest BCUT2D eigenvalue weighted by molar-refractivity contribution is -0.121. The van der Waals surface area contributed by atoms with E-state index in [-0.39, 0.29) is 24.7 Å². The Labute approximate surface area is 137 Å². The zero-order chi connectivity index (χ0) is 16.9. The van der Waals surface area contributed by atoms with Gasteiger partial charge in [-0.25, -0.2) is 9.18 Å². The van der Waals surface area contributed by atoms with E-state index >= 15 is 0 Å². The number of halogens is 1. The third-order valence-electron chi connectivity index (χ3n) is 3.79. The number of benzene rings is 2. The molecule has 0 aliphatic heterocycles. The largest absolute Gasteiger partial charge is 0.419 e. The van der Waals surface area contributed by atoms with Gasteiger partial charge in [0.05, 0.1) is 5.52 Å². The van der Waals surface area contributed by atoms with Gasteiger partial charge in [0, 0.05) is 19.5 Å². The molecule has 0 radical (unpaired) electrons. The van der Waals surface area contributed by atoms with Gasteiger partial charge in [-0.05, 0) is 36.2 Å². The average Bonchev–Trinajstić information content (AvgIpc) is 2.90. The second kappa shape index (κ2) is 7.12. The topological polar surface area (TPSA) is 64.2 Å². The Bertz CT molecular complexity index is 897. The average molecular weight is 328 g/mol. The van der Waals surface area contributed by atoms with Crippen molar-refractivity contribution < 1.29 is 13.6 Å². The van der Waals surface area contributed by atoms with Crippen LogP contribution in [0.25, 0.3) is 11.1 Å². The molecule has 0 aliphatic rings. The van der Waals surface area contributed by atoms with E-state index in [1.54, 1.807) is 30.3 Å². The van der Waals surface area contributed by atoms with Crippen LogP contribution in [-0.4, -0.2) is 17.0 Å². The minimum absolute atomic E-state index is 0.144. The number of para-hydroxylation sites is 2. The van der Waals surface area contributed by atoms with Crippen molar-refractivity contribution in [2.45, 2.75) is 19.4 Å². The second-order valence-corrected chi connectivity index (χ2v) is 5.46. The van der Waals surface area contributed by atoms with E-state index in [1.807, 2.05) is 6.07 Å². The third kappa shape index (κ3) is 3.71. The van der Waals surface area contributed by atoms with E-state index in [1.165, 1.54) is 16.7 Å². The Hall–Kier alpha value is -2.89. The lowest BCUT2D eigenvalue weighted by atomic mass is 10.1. The van der Waals surface area contributed by atoms with Crippen molar-refractivity contribution in [2.24, 2.45) is 0 Å². The molecule has 0 fully saturated rings. The Kier molecular flexibility index (Phi) is 4.74. The quantitative estimate of drug-likeness (QED) is 0.756. The number of hydrogen-bond acceptors (Lipinski definition) is 3. The molecule has 0 aliphatic carbocycles. The van der Waals surface area contributed by atoms with Gasteiger partial charge in [0.25, 0.3) is 0 Å². The fraction of sp³-hybridized carbons (Fsp3) is 0.222. The Morgan fingerprint density at radius 3 is 2.67 bits per heavy atom. The Morgan fingerprint density at radius 1 is 1.12 bits per heavy atom. The normalized spacial score (nSPS) is 10.9. The van der Waals surface area contributed by atoms with Crippen LogP contribution in [0, 0.1) is 5.82 Å². The zero-order valence-corrected chi connectivity index (χ0v) is 13.0. The number of nitrogens with zero attached hydrogens (tertiary/aromatic N) is 1. The van der Waals surface area contributed by atoms with Crippen LogP contribution < -0.4 is 11.1 Å². The predicted octanol–water partition coefficient (Wildman–Crippen LogP) is 2.48. The first-order valence-corrected chi connectivity index (χ1v) is 7.73. The highest BCUT2D eigenvalue weighted by Crippen LogP contribution is 2.11. The number of oxazole rings is 1. The van der Waals surface area contributed by atoms with Crippen LogP contribution in [0.1, 0.15) is 12.0 Å². The number of carbonyl (C=O) groups is 1. The number of aryl methyl sites for hydroxylation is 1. The van der Waals surface area contributed by atoms with Gasteiger partial charge in [-0.2, -0.15) is 0 Å². The number of amides is 1. The standard InChI is InChI=1S/C18H17FN2O3/c19-14-7-5-13(6-8-14)9-11-20-17(22)10-12-21-15-3-1-2-4-16(15)24-18(21)23/h1-8H,9-12H2,(H,20,22). The number of hydrogen-bond donors (Lipinski definition) is 1. The SMILES string of the molecule is O=C(CCn1c(=O)oc2ccccc21)NCCc1ccc(F)cc1. The van der Waals surface area contributed by atoms with Crippen molar-refractivity contribution in [1.29, 1.82) is 0 Å². The fourth-order valence-electron chi connectivity index (χ4n) is 2.52. The summed E-state index contributed by atoms with van der Waals surface area (Å²) in [5.74, 6) is -0.884. The predicted molar refractivity (Wildman–Crippen MR) is 88.2 cm³/mol. The van der Waals surface area contributed by atoms with Crippen LogP contribution in [0.4, 0.5) is 4.39 Å². The van der Waals surface area contributed by atoms with Crippen LogP contribution in [0.3, 0.4) is 0 Å². The Balaban J connectivity index is 1.51. The summed E-state index contributed by atoms with van der Waals surface area (Å²) in [4.78, 5) is 23.7. The second-order valence-electron chi connectivity index (χ2n) is 5.46. The summed E-state index contributed by atoms with van der Waals surface area (Å²) in [7, 11) is 0. The molecule has 0 spiro atoms. The monoisotopic (exact) mass is 328 g/mol. The molecule has 1 amide bonds. The molecule has 124 valence electrons. The highest BCUT2D eigenvalue weighted by molar-refractivity contribution is 5.76. The van der Waals surface area contributed by atoms with E-state index in [4.69, 9.17) is 4.42 Å². The van der Waals surface area contributed by atoms with Gasteiger partial charge in [0.15, 0.2) is 5.58 Å². The molecular weight excluding hydrogens is 311 g/mol. The van der Waals surface area contributed by atoms with Crippen molar-refractivity contribution in [1.82, 2.24) is 9.88 Å². The van der Waals surface area contributed by atoms with E-state index in [9.17, 15) is 14.0 Å². The fourth-order valence-corrected chi connectivity index (χ4v) is 2.52. The van der Waals surface area contributed by atoms with Gasteiger partial charge in [0.1, 0.15) is 5.82 Å². The van der Waals surface area contributed by atoms with E-state index in [2.05, 4.69) is 5.32 Å². The summed E-state index contributed by atoms with van der Waals surface area (Å²) < 4.78 is 19.4.